The normalized spacial score (nSPS) is 15.3. The van der Waals surface area contributed by atoms with Gasteiger partial charge in [0.05, 0.1) is 0 Å². The summed E-state index contributed by atoms with van der Waals surface area (Å²) in [5.41, 5.74) is 0. The largest absolute Gasteiger partial charge is 0.359 e. The second-order valence-corrected chi connectivity index (χ2v) is 6.61. The van der Waals surface area contributed by atoms with Gasteiger partial charge in [0, 0.05) is 28.9 Å². The zero-order chi connectivity index (χ0) is 9.84. The molecule has 1 aromatic heterocycles. The van der Waals surface area contributed by atoms with Crippen molar-refractivity contribution in [1.29, 1.82) is 0 Å². The zero-order valence-corrected chi connectivity index (χ0v) is 10.5. The van der Waals surface area contributed by atoms with Crippen molar-refractivity contribution in [2.45, 2.75) is 12.2 Å². The summed E-state index contributed by atoms with van der Waals surface area (Å²) in [7, 11) is -0.795. The zero-order valence-electron chi connectivity index (χ0n) is 7.28. The van der Waals surface area contributed by atoms with E-state index in [4.69, 9.17) is 0 Å². The molecule has 0 aromatic carbocycles. The first-order valence-corrected chi connectivity index (χ1v) is 6.87. The van der Waals surface area contributed by atoms with E-state index in [1.165, 1.54) is 11.3 Å². The fourth-order valence-corrected chi connectivity index (χ4v) is 1.96. The molecule has 1 rings (SSSR count). The minimum atomic E-state index is -0.795. The van der Waals surface area contributed by atoms with E-state index in [2.05, 4.69) is 31.4 Å². The molecular weight excluding hydrogens is 274 g/mol. The number of nitrogens with zero attached hydrogens (tertiary/aromatic N) is 2. The van der Waals surface area contributed by atoms with Crippen LogP contribution in [-0.2, 0) is 10.8 Å². The Labute approximate surface area is 91.7 Å². The maximum Gasteiger partial charge on any atom is 0.206 e. The molecule has 74 valence electrons. The van der Waals surface area contributed by atoms with Gasteiger partial charge in [0.2, 0.25) is 5.13 Å². The van der Waals surface area contributed by atoms with E-state index in [0.717, 1.165) is 9.05 Å². The highest BCUT2D eigenvalue weighted by atomic mass is 79.9. The number of anilines is 1. The van der Waals surface area contributed by atoms with E-state index in [0.29, 0.717) is 6.54 Å². The number of hydrogen-bond donors (Lipinski definition) is 1. The van der Waals surface area contributed by atoms with Gasteiger partial charge in [0.25, 0.3) is 0 Å². The Balaban J connectivity index is 2.39. The SMILES string of the molecule is CC(CNc1nnc(Br)s1)S(C)=O. The summed E-state index contributed by atoms with van der Waals surface area (Å²) in [6.45, 7) is 2.59. The maximum absolute atomic E-state index is 11.0. The van der Waals surface area contributed by atoms with E-state index in [9.17, 15) is 4.21 Å². The lowest BCUT2D eigenvalue weighted by atomic mass is 10.5. The predicted octanol–water partition coefficient (Wildman–Crippen LogP) is 1.48. The van der Waals surface area contributed by atoms with Crippen molar-refractivity contribution in [1.82, 2.24) is 10.2 Å². The molecule has 0 spiro atoms. The van der Waals surface area contributed by atoms with Crippen molar-refractivity contribution in [2.75, 3.05) is 18.1 Å². The number of rotatable bonds is 4. The third-order valence-electron chi connectivity index (χ3n) is 1.51. The van der Waals surface area contributed by atoms with Gasteiger partial charge in [-0.3, -0.25) is 4.21 Å². The van der Waals surface area contributed by atoms with Gasteiger partial charge < -0.3 is 5.32 Å². The summed E-state index contributed by atoms with van der Waals surface area (Å²) in [6.07, 6.45) is 1.70. The Hall–Kier alpha value is -0.0100. The summed E-state index contributed by atoms with van der Waals surface area (Å²) >= 11 is 4.64. The molecule has 1 heterocycles. The van der Waals surface area contributed by atoms with Crippen molar-refractivity contribution in [3.8, 4) is 0 Å². The monoisotopic (exact) mass is 283 g/mol. The molecule has 0 fully saturated rings. The topological polar surface area (TPSA) is 54.9 Å². The van der Waals surface area contributed by atoms with Crippen LogP contribution in [0.15, 0.2) is 3.92 Å². The summed E-state index contributed by atoms with van der Waals surface area (Å²) in [5, 5.41) is 11.6. The standard InChI is InChI=1S/C6H10BrN3OS2/c1-4(13(2)11)3-8-6-10-9-5(7)12-6/h4H,3H2,1-2H3,(H,8,10). The van der Waals surface area contributed by atoms with E-state index in [1.807, 2.05) is 6.92 Å². The molecule has 0 aliphatic rings. The fraction of sp³-hybridized carbons (Fsp3) is 0.667. The molecule has 13 heavy (non-hydrogen) atoms. The molecule has 0 amide bonds. The maximum atomic E-state index is 11.0. The average Bonchev–Trinajstić information content (AvgIpc) is 2.47. The van der Waals surface area contributed by atoms with Gasteiger partial charge in [-0.25, -0.2) is 0 Å². The van der Waals surface area contributed by atoms with Crippen LogP contribution < -0.4 is 5.32 Å². The number of halogens is 1. The van der Waals surface area contributed by atoms with Gasteiger partial charge in [0.15, 0.2) is 3.92 Å². The molecule has 2 unspecified atom stereocenters. The van der Waals surface area contributed by atoms with E-state index < -0.39 is 10.8 Å². The molecule has 2 atom stereocenters. The van der Waals surface area contributed by atoms with Crippen molar-refractivity contribution in [3.63, 3.8) is 0 Å². The number of hydrogen-bond acceptors (Lipinski definition) is 5. The van der Waals surface area contributed by atoms with Crippen molar-refractivity contribution in [2.24, 2.45) is 0 Å². The second-order valence-electron chi connectivity index (χ2n) is 2.55. The lowest BCUT2D eigenvalue weighted by molar-refractivity contribution is 0.679. The van der Waals surface area contributed by atoms with Crippen LogP contribution in [0, 0.1) is 0 Å². The molecule has 7 heteroatoms. The molecule has 0 bridgehead atoms. The Morgan fingerprint density at radius 2 is 2.38 bits per heavy atom. The Kier molecular flexibility index (Phi) is 4.27. The minimum absolute atomic E-state index is 0.127. The minimum Gasteiger partial charge on any atom is -0.359 e. The van der Waals surface area contributed by atoms with E-state index >= 15 is 0 Å². The smallest absolute Gasteiger partial charge is 0.206 e. The highest BCUT2D eigenvalue weighted by Gasteiger charge is 2.07. The average molecular weight is 284 g/mol. The van der Waals surface area contributed by atoms with Gasteiger partial charge in [-0.15, -0.1) is 10.2 Å². The fourth-order valence-electron chi connectivity index (χ4n) is 0.625. The summed E-state index contributed by atoms with van der Waals surface area (Å²) in [4.78, 5) is 0. The Morgan fingerprint density at radius 3 is 2.85 bits per heavy atom. The van der Waals surface area contributed by atoms with Crippen LogP contribution in [0.5, 0.6) is 0 Å². The van der Waals surface area contributed by atoms with Gasteiger partial charge >= 0.3 is 0 Å². The van der Waals surface area contributed by atoms with Crippen LogP contribution in [0.2, 0.25) is 0 Å². The molecule has 0 saturated carbocycles. The molecule has 0 saturated heterocycles. The quantitative estimate of drug-likeness (QED) is 0.910. The highest BCUT2D eigenvalue weighted by molar-refractivity contribution is 9.11. The van der Waals surface area contributed by atoms with Gasteiger partial charge in [-0.05, 0) is 22.9 Å². The summed E-state index contributed by atoms with van der Waals surface area (Å²) < 4.78 is 11.7. The van der Waals surface area contributed by atoms with Crippen molar-refractivity contribution >= 4 is 43.2 Å². The van der Waals surface area contributed by atoms with Crippen LogP contribution >= 0.6 is 27.3 Å². The molecule has 0 aliphatic heterocycles. The summed E-state index contributed by atoms with van der Waals surface area (Å²) in [5.74, 6) is 0. The Morgan fingerprint density at radius 1 is 1.69 bits per heavy atom. The van der Waals surface area contributed by atoms with Crippen LogP contribution in [0.4, 0.5) is 5.13 Å². The van der Waals surface area contributed by atoms with Crippen LogP contribution in [0.1, 0.15) is 6.92 Å². The van der Waals surface area contributed by atoms with Crippen LogP contribution in [0.25, 0.3) is 0 Å². The summed E-state index contributed by atoms with van der Waals surface area (Å²) in [6, 6.07) is 0. The van der Waals surface area contributed by atoms with E-state index in [1.54, 1.807) is 6.26 Å². The first-order valence-electron chi connectivity index (χ1n) is 3.64. The first kappa shape index (κ1) is 11.1. The van der Waals surface area contributed by atoms with E-state index in [-0.39, 0.29) is 5.25 Å². The Bertz CT molecular complexity index is 304. The first-order chi connectivity index (χ1) is 6.09. The van der Waals surface area contributed by atoms with Crippen LogP contribution in [-0.4, -0.2) is 32.5 Å². The van der Waals surface area contributed by atoms with Crippen molar-refractivity contribution < 1.29 is 4.21 Å². The molecule has 0 aliphatic carbocycles. The number of nitrogens with one attached hydrogen (secondary N) is 1. The van der Waals surface area contributed by atoms with Gasteiger partial charge in [-0.2, -0.15) is 0 Å². The molecule has 4 nitrogen and oxygen atoms in total. The third kappa shape index (κ3) is 3.70. The van der Waals surface area contributed by atoms with Gasteiger partial charge in [0.1, 0.15) is 0 Å². The third-order valence-corrected chi connectivity index (χ3v) is 4.12. The van der Waals surface area contributed by atoms with Crippen molar-refractivity contribution in [3.05, 3.63) is 3.92 Å². The molecule has 1 aromatic rings. The predicted molar refractivity (Wildman–Crippen MR) is 59.6 cm³/mol. The highest BCUT2D eigenvalue weighted by Crippen LogP contribution is 2.19. The second kappa shape index (κ2) is 5.02. The lowest BCUT2D eigenvalue weighted by Crippen LogP contribution is -2.20. The van der Waals surface area contributed by atoms with Gasteiger partial charge in [-0.1, -0.05) is 11.3 Å². The number of aromatic nitrogens is 2. The molecule has 1 N–H and O–H groups in total. The lowest BCUT2D eigenvalue weighted by Gasteiger charge is -2.07. The molecule has 0 radical (unpaired) electrons. The van der Waals surface area contributed by atoms with Crippen LogP contribution in [0.3, 0.4) is 0 Å². The molecular formula is C6H10BrN3OS2.